The molecule has 0 amide bonds. The molecule has 2 heteroatoms. The molecule has 0 aliphatic rings. The van der Waals surface area contributed by atoms with Gasteiger partial charge in [0, 0.05) is 0 Å². The van der Waals surface area contributed by atoms with Crippen LogP contribution in [0.3, 0.4) is 0 Å². The summed E-state index contributed by atoms with van der Waals surface area (Å²) in [6.07, 6.45) is 0. The summed E-state index contributed by atoms with van der Waals surface area (Å²) in [6.45, 7) is 0. The molecule has 4 rings (SSSR count). The van der Waals surface area contributed by atoms with Gasteiger partial charge in [-0.2, -0.15) is 0 Å². The Morgan fingerprint density at radius 3 is 0.692 bits per heavy atom. The Labute approximate surface area is 157 Å². The normalized spacial score (nSPS) is 10.8. The minimum absolute atomic E-state index is 0. The monoisotopic (exact) mass is 400 g/mol. The molecule has 0 fully saturated rings. The van der Waals surface area contributed by atoms with Crippen LogP contribution in [0.15, 0.2) is 121 Å². The molecule has 0 heterocycles. The molecule has 4 aromatic rings. The molecular formula is C24H21AsO. The van der Waals surface area contributed by atoms with Gasteiger partial charge in [-0.25, -0.2) is 0 Å². The average Bonchev–Trinajstić information content (AvgIpc) is 2.72. The van der Waals surface area contributed by atoms with Crippen LogP contribution in [0, 0.1) is 0 Å². The van der Waals surface area contributed by atoms with Gasteiger partial charge in [-0.3, -0.25) is 0 Å². The molecule has 0 atom stereocenters. The first-order valence-corrected chi connectivity index (χ1v) is 12.3. The van der Waals surface area contributed by atoms with E-state index in [0.29, 0.717) is 0 Å². The van der Waals surface area contributed by atoms with Crippen molar-refractivity contribution in [1.29, 1.82) is 0 Å². The topological polar surface area (TPSA) is 30.0 Å². The van der Waals surface area contributed by atoms with Gasteiger partial charge in [-0.05, 0) is 0 Å². The minimum atomic E-state index is -2.77. The van der Waals surface area contributed by atoms with Gasteiger partial charge in [0.05, 0.1) is 0 Å². The summed E-state index contributed by atoms with van der Waals surface area (Å²) in [7, 11) is 0. The molecule has 4 aromatic carbocycles. The van der Waals surface area contributed by atoms with Crippen LogP contribution in [0.2, 0.25) is 0 Å². The van der Waals surface area contributed by atoms with Crippen molar-refractivity contribution in [2.45, 2.75) is 0 Å². The Kier molecular flexibility index (Phi) is 5.73. The van der Waals surface area contributed by atoms with Gasteiger partial charge in [0.25, 0.3) is 0 Å². The first-order chi connectivity index (χ1) is 12.4. The molecule has 0 aromatic heterocycles. The fraction of sp³-hybridized carbons (Fsp3) is 0. The molecule has 1 nitrogen and oxygen atoms in total. The van der Waals surface area contributed by atoms with Crippen LogP contribution >= 0.6 is 0 Å². The van der Waals surface area contributed by atoms with Gasteiger partial charge in [0.1, 0.15) is 0 Å². The van der Waals surface area contributed by atoms with Gasteiger partial charge < -0.3 is 5.48 Å². The van der Waals surface area contributed by atoms with Crippen molar-refractivity contribution in [2.24, 2.45) is 0 Å². The first kappa shape index (κ1) is 18.2. The zero-order valence-corrected chi connectivity index (χ0v) is 16.3. The van der Waals surface area contributed by atoms with E-state index < -0.39 is 13.6 Å². The van der Waals surface area contributed by atoms with Crippen molar-refractivity contribution in [1.82, 2.24) is 0 Å². The van der Waals surface area contributed by atoms with Crippen LogP contribution in [0.25, 0.3) is 0 Å². The number of benzene rings is 4. The van der Waals surface area contributed by atoms with Crippen LogP contribution in [0.4, 0.5) is 0 Å². The van der Waals surface area contributed by atoms with Gasteiger partial charge in [0.2, 0.25) is 0 Å². The fourth-order valence-electron chi connectivity index (χ4n) is 3.50. The van der Waals surface area contributed by atoms with E-state index in [1.54, 1.807) is 0 Å². The second-order valence-electron chi connectivity index (χ2n) is 6.01. The zero-order valence-electron chi connectivity index (χ0n) is 14.4. The first-order valence-electron chi connectivity index (χ1n) is 8.54. The van der Waals surface area contributed by atoms with Crippen LogP contribution in [0.1, 0.15) is 0 Å². The van der Waals surface area contributed by atoms with Gasteiger partial charge in [0.15, 0.2) is 0 Å². The third-order valence-corrected chi connectivity index (χ3v) is 13.6. The second-order valence-corrected chi connectivity index (χ2v) is 13.2. The van der Waals surface area contributed by atoms with Crippen LogP contribution in [0.5, 0.6) is 0 Å². The Hall–Kier alpha value is -2.60. The van der Waals surface area contributed by atoms with Crippen molar-refractivity contribution in [3.05, 3.63) is 121 Å². The van der Waals surface area contributed by atoms with Gasteiger partial charge >= 0.3 is 152 Å². The maximum absolute atomic E-state index is 2.77. The van der Waals surface area contributed by atoms with Crippen molar-refractivity contribution in [3.8, 4) is 0 Å². The van der Waals surface area contributed by atoms with E-state index in [-0.39, 0.29) is 5.48 Å². The number of hydrogen-bond donors (Lipinski definition) is 0. The molecule has 128 valence electrons. The van der Waals surface area contributed by atoms with E-state index in [2.05, 4.69) is 121 Å². The van der Waals surface area contributed by atoms with Crippen LogP contribution < -0.4 is 17.4 Å². The fourth-order valence-corrected chi connectivity index (χ4v) is 12.5. The number of hydrogen-bond acceptors (Lipinski definition) is 1. The summed E-state index contributed by atoms with van der Waals surface area (Å²) in [5.74, 6) is 0. The molecule has 26 heavy (non-hydrogen) atoms. The standard InChI is InChI=1S/C24H20As.H2O/c1-5-13-21(14-6-1)25(22-15-7-2-8-16-22,23-17-9-3-10-18-23)24-19-11-4-12-20-24;/h1-20H;1H2/q+1;/p-1. The Bertz CT molecular complexity index is 759. The molecule has 0 radical (unpaired) electrons. The predicted molar refractivity (Wildman–Crippen MR) is 112 cm³/mol. The molecular weight excluding hydrogens is 379 g/mol. The summed E-state index contributed by atoms with van der Waals surface area (Å²) in [4.78, 5) is 0. The quantitative estimate of drug-likeness (QED) is 0.485. The Balaban J connectivity index is 0.00000196. The van der Waals surface area contributed by atoms with Gasteiger partial charge in [-0.1, -0.05) is 0 Å². The summed E-state index contributed by atoms with van der Waals surface area (Å²) in [5, 5.41) is 0. The van der Waals surface area contributed by atoms with Crippen molar-refractivity contribution < 1.29 is 5.48 Å². The average molecular weight is 400 g/mol. The second kappa shape index (κ2) is 8.18. The van der Waals surface area contributed by atoms with Crippen molar-refractivity contribution >= 4 is 31.0 Å². The SMILES string of the molecule is [OH-].c1ccc([As+](c2ccccc2)(c2ccccc2)c2ccccc2)cc1. The van der Waals surface area contributed by atoms with Gasteiger partial charge in [-0.15, -0.1) is 0 Å². The third-order valence-electron chi connectivity index (χ3n) is 4.57. The molecule has 0 unspecified atom stereocenters. The third kappa shape index (κ3) is 3.12. The molecule has 0 aliphatic carbocycles. The molecule has 0 spiro atoms. The zero-order chi connectivity index (χ0) is 17.0. The molecule has 0 saturated carbocycles. The van der Waals surface area contributed by atoms with Crippen molar-refractivity contribution in [2.75, 3.05) is 0 Å². The van der Waals surface area contributed by atoms with E-state index >= 15 is 0 Å². The predicted octanol–water partition coefficient (Wildman–Crippen LogP) is 2.89. The van der Waals surface area contributed by atoms with E-state index in [1.807, 2.05) is 0 Å². The van der Waals surface area contributed by atoms with E-state index in [0.717, 1.165) is 0 Å². The Morgan fingerprint density at radius 2 is 0.500 bits per heavy atom. The summed E-state index contributed by atoms with van der Waals surface area (Å²) < 4.78 is 5.79. The summed E-state index contributed by atoms with van der Waals surface area (Å²) >= 11 is -2.77. The van der Waals surface area contributed by atoms with E-state index in [4.69, 9.17) is 0 Å². The summed E-state index contributed by atoms with van der Waals surface area (Å²) in [5.41, 5.74) is 0. The molecule has 1 N–H and O–H groups in total. The van der Waals surface area contributed by atoms with Crippen molar-refractivity contribution in [3.63, 3.8) is 0 Å². The number of rotatable bonds is 4. The van der Waals surface area contributed by atoms with E-state index in [9.17, 15) is 0 Å². The summed E-state index contributed by atoms with van der Waals surface area (Å²) in [6, 6.07) is 44.2. The molecule has 0 bridgehead atoms. The van der Waals surface area contributed by atoms with E-state index in [1.165, 1.54) is 17.4 Å². The molecule has 0 saturated heterocycles. The maximum atomic E-state index is 2.31. The van der Waals surface area contributed by atoms with Crippen LogP contribution in [-0.4, -0.2) is 19.0 Å². The molecule has 0 aliphatic heterocycles. The Morgan fingerprint density at radius 1 is 0.308 bits per heavy atom. The van der Waals surface area contributed by atoms with Crippen LogP contribution in [-0.2, 0) is 0 Å².